The Balaban J connectivity index is 2.70. The second kappa shape index (κ2) is 4.34. The summed E-state index contributed by atoms with van der Waals surface area (Å²) in [6.45, 7) is 4.30. The van der Waals surface area contributed by atoms with Crippen LogP contribution in [-0.2, 0) is 6.42 Å². The van der Waals surface area contributed by atoms with Gasteiger partial charge in [0.05, 0.1) is 6.10 Å². The Labute approximate surface area is 77.6 Å². The van der Waals surface area contributed by atoms with Gasteiger partial charge in [-0.1, -0.05) is 0 Å². The van der Waals surface area contributed by atoms with E-state index in [4.69, 9.17) is 5.73 Å². The third-order valence-corrected chi connectivity index (χ3v) is 1.83. The average Bonchev–Trinajstić information content (AvgIpc) is 2.52. The summed E-state index contributed by atoms with van der Waals surface area (Å²) in [6.07, 6.45) is 1.44. The van der Waals surface area contributed by atoms with Crippen LogP contribution < -0.4 is 5.73 Å². The van der Waals surface area contributed by atoms with Crippen molar-refractivity contribution in [2.45, 2.75) is 32.4 Å². The number of aliphatic hydroxyl groups excluding tert-OH is 1. The molecule has 0 aliphatic heterocycles. The molecule has 0 bridgehead atoms. The smallest absolute Gasteiger partial charge is 0.138 e. The number of nitrogens with two attached hydrogens (primary N) is 1. The van der Waals surface area contributed by atoms with Crippen molar-refractivity contribution < 1.29 is 5.11 Å². The van der Waals surface area contributed by atoms with E-state index in [1.54, 1.807) is 4.68 Å². The van der Waals surface area contributed by atoms with E-state index < -0.39 is 6.10 Å². The van der Waals surface area contributed by atoms with Gasteiger partial charge in [0.2, 0.25) is 0 Å². The minimum absolute atomic E-state index is 0.255. The first kappa shape index (κ1) is 10.1. The largest absolute Gasteiger partial charge is 0.391 e. The molecule has 0 saturated heterocycles. The van der Waals surface area contributed by atoms with Crippen LogP contribution in [0.1, 0.15) is 25.7 Å². The number of nitrogens with zero attached hydrogens (tertiary/aromatic N) is 3. The molecule has 5 nitrogen and oxygen atoms in total. The molecule has 1 unspecified atom stereocenters. The molecule has 0 amide bonds. The van der Waals surface area contributed by atoms with Crippen LogP contribution in [0.3, 0.4) is 0 Å². The van der Waals surface area contributed by atoms with E-state index in [9.17, 15) is 5.11 Å². The first-order chi connectivity index (χ1) is 6.15. The Bertz CT molecular complexity index is 258. The maximum Gasteiger partial charge on any atom is 0.138 e. The van der Waals surface area contributed by atoms with Gasteiger partial charge >= 0.3 is 0 Å². The Morgan fingerprint density at radius 2 is 2.31 bits per heavy atom. The van der Waals surface area contributed by atoms with Crippen LogP contribution in [0.4, 0.5) is 0 Å². The van der Waals surface area contributed by atoms with Gasteiger partial charge in [-0.05, 0) is 13.8 Å². The second-order valence-electron chi connectivity index (χ2n) is 3.31. The number of hydrogen-bond donors (Lipinski definition) is 2. The number of hydrogen-bond acceptors (Lipinski definition) is 4. The Morgan fingerprint density at radius 3 is 2.85 bits per heavy atom. The van der Waals surface area contributed by atoms with Crippen LogP contribution in [0.25, 0.3) is 0 Å². The maximum absolute atomic E-state index is 9.33. The van der Waals surface area contributed by atoms with Gasteiger partial charge in [-0.25, -0.2) is 9.67 Å². The summed E-state index contributed by atoms with van der Waals surface area (Å²) in [4.78, 5) is 4.06. The quantitative estimate of drug-likeness (QED) is 0.674. The van der Waals surface area contributed by atoms with Gasteiger partial charge in [0.25, 0.3) is 0 Å². The van der Waals surface area contributed by atoms with Crippen molar-refractivity contribution in [3.05, 3.63) is 12.2 Å². The molecule has 5 heteroatoms. The molecule has 0 aliphatic carbocycles. The molecule has 0 radical (unpaired) electrons. The first-order valence-corrected chi connectivity index (χ1v) is 4.41. The molecule has 1 rings (SSSR count). The zero-order valence-corrected chi connectivity index (χ0v) is 8.01. The highest BCUT2D eigenvalue weighted by Crippen LogP contribution is 2.06. The molecule has 1 heterocycles. The molecule has 0 aromatic carbocycles. The fourth-order valence-electron chi connectivity index (χ4n) is 1.15. The SMILES string of the molecule is CC(C)n1ncnc1CC(O)CN. The second-order valence-corrected chi connectivity index (χ2v) is 3.31. The van der Waals surface area contributed by atoms with Gasteiger partial charge in [-0.2, -0.15) is 5.10 Å². The van der Waals surface area contributed by atoms with Crippen LogP contribution in [0, 0.1) is 0 Å². The highest BCUT2D eigenvalue weighted by Gasteiger charge is 2.11. The lowest BCUT2D eigenvalue weighted by Crippen LogP contribution is -2.24. The van der Waals surface area contributed by atoms with Crippen LogP contribution in [-0.4, -0.2) is 32.5 Å². The molecule has 74 valence electrons. The molecule has 0 spiro atoms. The molecule has 13 heavy (non-hydrogen) atoms. The lowest BCUT2D eigenvalue weighted by Gasteiger charge is -2.11. The van der Waals surface area contributed by atoms with Crippen molar-refractivity contribution in [2.24, 2.45) is 5.73 Å². The molecule has 1 aromatic heterocycles. The van der Waals surface area contributed by atoms with Crippen molar-refractivity contribution in [3.8, 4) is 0 Å². The Kier molecular flexibility index (Phi) is 3.39. The van der Waals surface area contributed by atoms with Crippen LogP contribution in [0.15, 0.2) is 6.33 Å². The molecule has 3 N–H and O–H groups in total. The minimum atomic E-state index is -0.526. The van der Waals surface area contributed by atoms with Crippen molar-refractivity contribution in [1.29, 1.82) is 0 Å². The number of rotatable bonds is 4. The molecule has 0 saturated carbocycles. The van der Waals surface area contributed by atoms with Crippen molar-refractivity contribution in [3.63, 3.8) is 0 Å². The molecule has 0 aliphatic rings. The van der Waals surface area contributed by atoms with Crippen molar-refractivity contribution in [2.75, 3.05) is 6.54 Å². The highest BCUT2D eigenvalue weighted by atomic mass is 16.3. The Morgan fingerprint density at radius 1 is 1.62 bits per heavy atom. The Hall–Kier alpha value is -0.940. The predicted octanol–water partition coefficient (Wildman–Crippen LogP) is -0.279. The topological polar surface area (TPSA) is 77.0 Å². The average molecular weight is 184 g/mol. The monoisotopic (exact) mass is 184 g/mol. The third-order valence-electron chi connectivity index (χ3n) is 1.83. The fraction of sp³-hybridized carbons (Fsp3) is 0.750. The molecule has 1 atom stereocenters. The van der Waals surface area contributed by atoms with Gasteiger partial charge in [0, 0.05) is 19.0 Å². The van der Waals surface area contributed by atoms with E-state index in [2.05, 4.69) is 10.1 Å². The van der Waals surface area contributed by atoms with E-state index in [1.807, 2.05) is 13.8 Å². The lowest BCUT2D eigenvalue weighted by atomic mass is 10.2. The number of aromatic nitrogens is 3. The molecular weight excluding hydrogens is 168 g/mol. The van der Waals surface area contributed by atoms with Crippen molar-refractivity contribution >= 4 is 0 Å². The highest BCUT2D eigenvalue weighted by molar-refractivity contribution is 4.89. The molecule has 0 fully saturated rings. The summed E-state index contributed by atoms with van der Waals surface area (Å²) >= 11 is 0. The van der Waals surface area contributed by atoms with Crippen LogP contribution in [0.5, 0.6) is 0 Å². The summed E-state index contributed by atoms with van der Waals surface area (Å²) in [5.41, 5.74) is 5.31. The van der Waals surface area contributed by atoms with E-state index in [0.29, 0.717) is 6.42 Å². The summed E-state index contributed by atoms with van der Waals surface area (Å²) in [6, 6.07) is 0.266. The van der Waals surface area contributed by atoms with Gasteiger partial charge in [0.15, 0.2) is 0 Å². The van der Waals surface area contributed by atoms with Crippen molar-refractivity contribution in [1.82, 2.24) is 14.8 Å². The molecule has 1 aromatic rings. The predicted molar refractivity (Wildman–Crippen MR) is 49.2 cm³/mol. The summed E-state index contributed by atoms with van der Waals surface area (Å²) in [7, 11) is 0. The van der Waals surface area contributed by atoms with E-state index >= 15 is 0 Å². The van der Waals surface area contributed by atoms with E-state index in [-0.39, 0.29) is 12.6 Å². The van der Waals surface area contributed by atoms with Gasteiger partial charge in [-0.15, -0.1) is 0 Å². The summed E-state index contributed by atoms with van der Waals surface area (Å²) in [5.74, 6) is 0.785. The lowest BCUT2D eigenvalue weighted by molar-refractivity contribution is 0.178. The zero-order valence-electron chi connectivity index (χ0n) is 8.01. The van der Waals surface area contributed by atoms with Gasteiger partial charge in [0.1, 0.15) is 12.2 Å². The van der Waals surface area contributed by atoms with Gasteiger partial charge < -0.3 is 10.8 Å². The summed E-state index contributed by atoms with van der Waals surface area (Å²) < 4.78 is 1.79. The fourth-order valence-corrected chi connectivity index (χ4v) is 1.15. The first-order valence-electron chi connectivity index (χ1n) is 4.41. The minimum Gasteiger partial charge on any atom is -0.391 e. The third kappa shape index (κ3) is 2.50. The normalized spacial score (nSPS) is 13.6. The zero-order chi connectivity index (χ0) is 9.84. The van der Waals surface area contributed by atoms with Crippen LogP contribution in [0.2, 0.25) is 0 Å². The number of aliphatic hydroxyl groups is 1. The van der Waals surface area contributed by atoms with Crippen LogP contribution >= 0.6 is 0 Å². The molecular formula is C8H16N4O. The van der Waals surface area contributed by atoms with E-state index in [0.717, 1.165) is 5.82 Å². The van der Waals surface area contributed by atoms with Gasteiger partial charge in [-0.3, -0.25) is 0 Å². The summed E-state index contributed by atoms with van der Waals surface area (Å²) in [5, 5.41) is 13.4. The maximum atomic E-state index is 9.33. The van der Waals surface area contributed by atoms with E-state index in [1.165, 1.54) is 6.33 Å². The standard InChI is InChI=1S/C8H16N4O/c1-6(2)12-8(10-5-11-12)3-7(13)4-9/h5-7,13H,3-4,9H2,1-2H3.